The number of rotatable bonds is 6. The molecule has 5 rings (SSSR count). The minimum atomic E-state index is -4.70. The monoisotopic (exact) mass is 652 g/mol. The first-order chi connectivity index (χ1) is 21.4. The van der Waals surface area contributed by atoms with E-state index in [9.17, 15) is 36.4 Å². The minimum absolute atomic E-state index is 0.0344. The molecule has 1 N–H and O–H groups in total. The molecule has 1 aliphatic rings. The van der Waals surface area contributed by atoms with Crippen LogP contribution in [-0.2, 0) is 21.0 Å². The number of hydrogen-bond donors (Lipinski definition) is 1. The Bertz CT molecular complexity index is 2110. The molecule has 1 fully saturated rings. The average molecular weight is 653 g/mol. The molecule has 13 heteroatoms. The summed E-state index contributed by atoms with van der Waals surface area (Å²) in [4.78, 5) is 27.2. The van der Waals surface area contributed by atoms with Crippen molar-refractivity contribution < 1.29 is 26.4 Å². The number of sulfonamides is 1. The number of nitriles is 1. The third kappa shape index (κ3) is 6.78. The molecule has 1 aliphatic heterocycles. The van der Waals surface area contributed by atoms with E-state index in [1.807, 2.05) is 19.1 Å². The van der Waals surface area contributed by atoms with E-state index in [1.54, 1.807) is 24.3 Å². The van der Waals surface area contributed by atoms with Gasteiger partial charge in [-0.1, -0.05) is 42.8 Å². The molecule has 0 aliphatic carbocycles. The van der Waals surface area contributed by atoms with E-state index < -0.39 is 38.8 Å². The smallest absolute Gasteiger partial charge is 0.321 e. The quantitative estimate of drug-likeness (QED) is 0.329. The third-order valence-electron chi connectivity index (χ3n) is 7.33. The predicted octanol–water partition coefficient (Wildman–Crippen LogP) is 4.54. The number of nitrogens with one attached hydrogen (secondary N) is 1. The number of alkyl halides is 3. The summed E-state index contributed by atoms with van der Waals surface area (Å²) in [5.41, 5.74) is -0.853. The van der Waals surface area contributed by atoms with Crippen molar-refractivity contribution in [3.63, 3.8) is 0 Å². The van der Waals surface area contributed by atoms with Gasteiger partial charge in [0.25, 0.3) is 11.5 Å². The molecule has 232 valence electrons. The van der Waals surface area contributed by atoms with Crippen LogP contribution in [0.15, 0.2) is 82.5 Å². The van der Waals surface area contributed by atoms with Crippen molar-refractivity contribution >= 4 is 44.6 Å². The Kier molecular flexibility index (Phi) is 9.11. The Labute approximate surface area is 261 Å². The number of hydrogen-bond acceptors (Lipinski definition) is 6. The Morgan fingerprint density at radius 2 is 1.71 bits per heavy atom. The number of aryl methyl sites for hydroxylation is 1. The van der Waals surface area contributed by atoms with E-state index in [0.717, 1.165) is 58.9 Å². The molecule has 0 saturated carbocycles. The molecule has 0 atom stereocenters. The van der Waals surface area contributed by atoms with E-state index in [-0.39, 0.29) is 25.5 Å². The minimum Gasteiger partial charge on any atom is -0.321 e. The lowest BCUT2D eigenvalue weighted by atomic mass is 10.1. The van der Waals surface area contributed by atoms with Gasteiger partial charge in [-0.05, 0) is 73.4 Å². The first-order valence-corrected chi connectivity index (χ1v) is 16.2. The standard InChI is InChI=1S/C32H27F3N4O4S2/c1-21-9-3-4-10-22(21)17-28-30(41)39(25-13-7-11-23(18-25)32(33,34)35)31(44-28)27(20-36)29(40)37-24-12-8-14-26(19-24)45(42,43)38-15-5-2-6-16-38/h3-4,7-14,17-19H,2,5-6,15-16H2,1H3,(H,37,40). The highest BCUT2D eigenvalue weighted by atomic mass is 32.2. The van der Waals surface area contributed by atoms with Crippen molar-refractivity contribution in [3.05, 3.63) is 109 Å². The number of carbonyl (C=O) groups is 1. The largest absolute Gasteiger partial charge is 0.416 e. The Morgan fingerprint density at radius 3 is 2.40 bits per heavy atom. The highest BCUT2D eigenvalue weighted by molar-refractivity contribution is 7.89. The molecule has 1 aromatic heterocycles. The van der Waals surface area contributed by atoms with Crippen LogP contribution in [0.5, 0.6) is 0 Å². The molecule has 4 aromatic rings. The van der Waals surface area contributed by atoms with E-state index in [4.69, 9.17) is 0 Å². The molecule has 0 unspecified atom stereocenters. The molecular weight excluding hydrogens is 626 g/mol. The van der Waals surface area contributed by atoms with Crippen molar-refractivity contribution in [1.29, 1.82) is 5.26 Å². The van der Waals surface area contributed by atoms with Crippen LogP contribution in [0.1, 0.15) is 36.0 Å². The second kappa shape index (κ2) is 12.8. The normalized spacial score (nSPS) is 15.4. The van der Waals surface area contributed by atoms with Gasteiger partial charge < -0.3 is 5.32 Å². The lowest BCUT2D eigenvalue weighted by Gasteiger charge is -2.26. The van der Waals surface area contributed by atoms with E-state index in [0.29, 0.717) is 18.7 Å². The topological polar surface area (TPSA) is 112 Å². The maximum atomic E-state index is 13.7. The van der Waals surface area contributed by atoms with Crippen LogP contribution in [-0.4, -0.2) is 36.3 Å². The van der Waals surface area contributed by atoms with Crippen LogP contribution in [0.2, 0.25) is 0 Å². The zero-order valence-electron chi connectivity index (χ0n) is 24.0. The molecule has 0 radical (unpaired) electrons. The summed E-state index contributed by atoms with van der Waals surface area (Å²) in [6, 6.07) is 18.6. The number of carbonyl (C=O) groups excluding carboxylic acids is 1. The van der Waals surface area contributed by atoms with Crippen LogP contribution in [0.25, 0.3) is 17.3 Å². The van der Waals surface area contributed by atoms with E-state index in [2.05, 4.69) is 5.32 Å². The van der Waals surface area contributed by atoms with Gasteiger partial charge >= 0.3 is 6.18 Å². The second-order valence-electron chi connectivity index (χ2n) is 10.4. The van der Waals surface area contributed by atoms with Gasteiger partial charge in [0.15, 0.2) is 5.57 Å². The van der Waals surface area contributed by atoms with Gasteiger partial charge in [0, 0.05) is 18.8 Å². The van der Waals surface area contributed by atoms with Crippen molar-refractivity contribution in [2.75, 3.05) is 18.4 Å². The first kappa shape index (κ1) is 31.9. The van der Waals surface area contributed by atoms with Crippen LogP contribution >= 0.6 is 11.3 Å². The van der Waals surface area contributed by atoms with Crippen LogP contribution < -0.4 is 20.1 Å². The van der Waals surface area contributed by atoms with Crippen LogP contribution in [0.3, 0.4) is 0 Å². The van der Waals surface area contributed by atoms with Gasteiger partial charge in [-0.3, -0.25) is 14.2 Å². The summed E-state index contributed by atoms with van der Waals surface area (Å²) in [6.45, 7) is 2.60. The Morgan fingerprint density at radius 1 is 1.00 bits per heavy atom. The zero-order chi connectivity index (χ0) is 32.4. The fourth-order valence-electron chi connectivity index (χ4n) is 4.97. The number of benzene rings is 3. The molecule has 2 heterocycles. The Hall–Kier alpha value is -4.51. The molecular formula is C32H27F3N4O4S2. The number of aromatic nitrogens is 1. The van der Waals surface area contributed by atoms with Crippen LogP contribution in [0.4, 0.5) is 18.9 Å². The summed E-state index contributed by atoms with van der Waals surface area (Å²) in [5, 5.41) is 12.7. The number of nitrogens with zero attached hydrogens (tertiary/aromatic N) is 3. The maximum Gasteiger partial charge on any atom is 0.416 e. The number of halogens is 3. The molecule has 3 aromatic carbocycles. The molecule has 1 amide bonds. The van der Waals surface area contributed by atoms with E-state index in [1.165, 1.54) is 34.6 Å². The first-order valence-electron chi connectivity index (χ1n) is 13.9. The van der Waals surface area contributed by atoms with Crippen molar-refractivity contribution in [2.24, 2.45) is 0 Å². The zero-order valence-corrected chi connectivity index (χ0v) is 25.6. The molecule has 45 heavy (non-hydrogen) atoms. The van der Waals surface area contributed by atoms with E-state index >= 15 is 0 Å². The van der Waals surface area contributed by atoms with Gasteiger partial charge in [-0.15, -0.1) is 11.3 Å². The van der Waals surface area contributed by atoms with Crippen molar-refractivity contribution in [1.82, 2.24) is 8.87 Å². The van der Waals surface area contributed by atoms with Gasteiger partial charge in [-0.25, -0.2) is 8.42 Å². The maximum absolute atomic E-state index is 13.7. The van der Waals surface area contributed by atoms with Crippen LogP contribution in [0, 0.1) is 18.3 Å². The van der Waals surface area contributed by atoms with Gasteiger partial charge in [0.1, 0.15) is 10.7 Å². The Balaban J connectivity index is 1.64. The lowest BCUT2D eigenvalue weighted by molar-refractivity contribution is -0.137. The summed E-state index contributed by atoms with van der Waals surface area (Å²) in [6.07, 6.45) is -0.725. The summed E-state index contributed by atoms with van der Waals surface area (Å²) in [5.74, 6) is -0.963. The van der Waals surface area contributed by atoms with Crippen molar-refractivity contribution in [2.45, 2.75) is 37.3 Å². The predicted molar refractivity (Wildman–Crippen MR) is 166 cm³/mol. The second-order valence-corrected chi connectivity index (χ2v) is 13.4. The fourth-order valence-corrected chi connectivity index (χ4v) is 7.63. The summed E-state index contributed by atoms with van der Waals surface area (Å²) >= 11 is 0.786. The number of amides is 1. The summed E-state index contributed by atoms with van der Waals surface area (Å²) in [7, 11) is -3.82. The highest BCUT2D eigenvalue weighted by Gasteiger charge is 2.31. The lowest BCUT2D eigenvalue weighted by Crippen LogP contribution is -2.35. The number of anilines is 1. The fraction of sp³-hybridized carbons (Fsp3) is 0.219. The molecule has 0 spiro atoms. The van der Waals surface area contributed by atoms with Gasteiger partial charge in [-0.2, -0.15) is 22.7 Å². The average Bonchev–Trinajstić information content (AvgIpc) is 3.33. The highest BCUT2D eigenvalue weighted by Crippen LogP contribution is 2.30. The molecule has 8 nitrogen and oxygen atoms in total. The number of thiazole rings is 1. The van der Waals surface area contributed by atoms with Crippen molar-refractivity contribution in [3.8, 4) is 11.8 Å². The summed E-state index contributed by atoms with van der Waals surface area (Å²) < 4.78 is 69.4. The third-order valence-corrected chi connectivity index (χ3v) is 10.3. The SMILES string of the molecule is Cc1ccccc1C=c1sc(=C(C#N)C(=O)Nc2cccc(S(=O)(=O)N3CCCCC3)c2)n(-c2cccc(C(F)(F)F)c2)c1=O. The van der Waals surface area contributed by atoms with Gasteiger partial charge in [0.05, 0.1) is 20.7 Å². The van der Waals surface area contributed by atoms with Gasteiger partial charge in [0.2, 0.25) is 10.0 Å². The molecule has 1 saturated heterocycles. The molecule has 0 bridgehead atoms. The number of piperidine rings is 1.